The number of primary amides is 1. The molecule has 7 nitrogen and oxygen atoms in total. The van der Waals surface area contributed by atoms with E-state index >= 15 is 0 Å². The van der Waals surface area contributed by atoms with E-state index in [1.54, 1.807) is 11.5 Å². The molecule has 8 heteroatoms. The van der Waals surface area contributed by atoms with E-state index in [2.05, 4.69) is 10.2 Å². The quantitative estimate of drug-likeness (QED) is 0.734. The van der Waals surface area contributed by atoms with Gasteiger partial charge in [-0.05, 0) is 6.92 Å². The molecule has 0 aliphatic rings. The highest BCUT2D eigenvalue weighted by molar-refractivity contribution is 7.99. The van der Waals surface area contributed by atoms with Gasteiger partial charge in [-0.15, -0.1) is 10.2 Å². The Morgan fingerprint density at radius 2 is 2.00 bits per heavy atom. The summed E-state index contributed by atoms with van der Waals surface area (Å²) in [6.07, 6.45) is 0. The largest absolute Gasteiger partial charge is 0.481 e. The van der Waals surface area contributed by atoms with Gasteiger partial charge < -0.3 is 10.8 Å². The molecular weight excluding hydrogens is 256 g/mol. The maximum atomic E-state index is 11.3. The molecule has 3 N–H and O–H groups in total. The lowest BCUT2D eigenvalue weighted by Gasteiger charge is -2.16. The van der Waals surface area contributed by atoms with E-state index in [1.807, 2.05) is 13.8 Å². The predicted octanol–water partition coefficient (Wildman–Crippen LogP) is 0.625. The number of carbonyl (C=O) groups is 2. The van der Waals surface area contributed by atoms with Gasteiger partial charge in [0.05, 0.1) is 5.75 Å². The van der Waals surface area contributed by atoms with Gasteiger partial charge in [0.2, 0.25) is 5.91 Å². The van der Waals surface area contributed by atoms with Gasteiger partial charge in [-0.3, -0.25) is 14.2 Å². The number of aliphatic carboxylic acids is 1. The Hall–Kier alpha value is -1.57. The molecular formula is C10H16N4O3S. The van der Waals surface area contributed by atoms with E-state index < -0.39 is 17.9 Å². The third-order valence-electron chi connectivity index (χ3n) is 2.33. The standard InChI is InChI=1S/C10H16N4O3S/c1-5(2)9-12-13-10(18-4-7(15)16)14(9)6(3)8(11)17/h5-6H,4H2,1-3H3,(H2,11,17)(H,15,16). The van der Waals surface area contributed by atoms with Crippen molar-refractivity contribution in [2.24, 2.45) is 5.73 Å². The van der Waals surface area contributed by atoms with Crippen molar-refractivity contribution in [1.29, 1.82) is 0 Å². The van der Waals surface area contributed by atoms with Crippen LogP contribution < -0.4 is 5.73 Å². The number of nitrogens with two attached hydrogens (primary N) is 1. The van der Waals surface area contributed by atoms with Crippen LogP contribution in [0.25, 0.3) is 0 Å². The van der Waals surface area contributed by atoms with Crippen LogP contribution in [0.1, 0.15) is 38.6 Å². The molecule has 0 saturated carbocycles. The Bertz CT molecular complexity index is 458. The maximum absolute atomic E-state index is 11.3. The van der Waals surface area contributed by atoms with Gasteiger partial charge in [-0.1, -0.05) is 25.6 Å². The van der Waals surface area contributed by atoms with Gasteiger partial charge in [0.25, 0.3) is 0 Å². The molecule has 1 heterocycles. The van der Waals surface area contributed by atoms with Gasteiger partial charge in [0.15, 0.2) is 5.16 Å². The average molecular weight is 272 g/mol. The lowest BCUT2D eigenvalue weighted by molar-refractivity contribution is -0.133. The van der Waals surface area contributed by atoms with Crippen LogP contribution in [0.2, 0.25) is 0 Å². The summed E-state index contributed by atoms with van der Waals surface area (Å²) in [6.45, 7) is 5.47. The van der Waals surface area contributed by atoms with Gasteiger partial charge >= 0.3 is 5.97 Å². The summed E-state index contributed by atoms with van der Waals surface area (Å²) in [5, 5.41) is 17.0. The van der Waals surface area contributed by atoms with E-state index in [9.17, 15) is 9.59 Å². The Morgan fingerprint density at radius 3 is 2.44 bits per heavy atom. The number of hydrogen-bond acceptors (Lipinski definition) is 5. The predicted molar refractivity (Wildman–Crippen MR) is 66.4 cm³/mol. The van der Waals surface area contributed by atoms with Gasteiger partial charge in [0, 0.05) is 5.92 Å². The molecule has 0 aromatic carbocycles. The number of amides is 1. The van der Waals surface area contributed by atoms with Crippen LogP contribution in [0.5, 0.6) is 0 Å². The van der Waals surface area contributed by atoms with Crippen LogP contribution in [-0.4, -0.2) is 37.5 Å². The van der Waals surface area contributed by atoms with Crippen molar-refractivity contribution in [3.05, 3.63) is 5.82 Å². The number of rotatable bonds is 6. The van der Waals surface area contributed by atoms with Crippen LogP contribution in [-0.2, 0) is 9.59 Å². The third-order valence-corrected chi connectivity index (χ3v) is 3.26. The van der Waals surface area contributed by atoms with Crippen LogP contribution in [0.15, 0.2) is 5.16 Å². The number of carbonyl (C=O) groups excluding carboxylic acids is 1. The molecule has 0 spiro atoms. The average Bonchev–Trinajstić information content (AvgIpc) is 2.68. The van der Waals surface area contributed by atoms with Gasteiger partial charge in [-0.2, -0.15) is 0 Å². The molecule has 0 radical (unpaired) electrons. The number of carboxylic acid groups (broad SMARTS) is 1. The second-order valence-electron chi connectivity index (χ2n) is 4.13. The number of nitrogens with zero attached hydrogens (tertiary/aromatic N) is 3. The highest BCUT2D eigenvalue weighted by Crippen LogP contribution is 2.25. The molecule has 1 rings (SSSR count). The second kappa shape index (κ2) is 5.85. The lowest BCUT2D eigenvalue weighted by atomic mass is 10.2. The molecule has 0 fully saturated rings. The van der Waals surface area contributed by atoms with Crippen molar-refractivity contribution in [1.82, 2.24) is 14.8 Å². The van der Waals surface area contributed by atoms with Crippen LogP contribution in [0.4, 0.5) is 0 Å². The number of carboxylic acids is 1. The van der Waals surface area contributed by atoms with Crippen molar-refractivity contribution in [2.45, 2.75) is 37.9 Å². The summed E-state index contributed by atoms with van der Waals surface area (Å²) in [6, 6.07) is -0.603. The fourth-order valence-corrected chi connectivity index (χ4v) is 2.14. The zero-order valence-electron chi connectivity index (χ0n) is 10.5. The first-order valence-corrected chi connectivity index (χ1v) is 6.41. The van der Waals surface area contributed by atoms with Crippen molar-refractivity contribution >= 4 is 23.6 Å². The number of aromatic nitrogens is 3. The zero-order valence-corrected chi connectivity index (χ0v) is 11.3. The highest BCUT2D eigenvalue weighted by Gasteiger charge is 2.23. The Labute approximate surface area is 109 Å². The molecule has 1 unspecified atom stereocenters. The van der Waals surface area contributed by atoms with E-state index in [4.69, 9.17) is 10.8 Å². The topological polar surface area (TPSA) is 111 Å². The SMILES string of the molecule is CC(C)c1nnc(SCC(=O)O)n1C(C)C(N)=O. The summed E-state index contributed by atoms with van der Waals surface area (Å²) < 4.78 is 1.60. The minimum absolute atomic E-state index is 0.0680. The fourth-order valence-electron chi connectivity index (χ4n) is 1.40. The van der Waals surface area contributed by atoms with Crippen molar-refractivity contribution in [3.63, 3.8) is 0 Å². The monoisotopic (exact) mass is 272 g/mol. The minimum Gasteiger partial charge on any atom is -0.481 e. The van der Waals surface area contributed by atoms with Crippen molar-refractivity contribution in [3.8, 4) is 0 Å². The molecule has 1 aromatic rings. The second-order valence-corrected chi connectivity index (χ2v) is 5.07. The first-order valence-electron chi connectivity index (χ1n) is 5.43. The van der Waals surface area contributed by atoms with Crippen LogP contribution >= 0.6 is 11.8 Å². The first kappa shape index (κ1) is 14.5. The Balaban J connectivity index is 3.10. The van der Waals surface area contributed by atoms with Gasteiger partial charge in [-0.25, -0.2) is 0 Å². The van der Waals surface area contributed by atoms with Crippen LogP contribution in [0.3, 0.4) is 0 Å². The first-order chi connectivity index (χ1) is 8.34. The summed E-state index contributed by atoms with van der Waals surface area (Å²) in [7, 11) is 0. The van der Waals surface area contributed by atoms with E-state index in [-0.39, 0.29) is 11.7 Å². The molecule has 100 valence electrons. The van der Waals surface area contributed by atoms with Gasteiger partial charge in [0.1, 0.15) is 11.9 Å². The maximum Gasteiger partial charge on any atom is 0.313 e. The number of hydrogen-bond donors (Lipinski definition) is 2. The molecule has 0 aliphatic carbocycles. The molecule has 18 heavy (non-hydrogen) atoms. The van der Waals surface area contributed by atoms with E-state index in [0.717, 1.165) is 11.8 Å². The number of thioether (sulfide) groups is 1. The van der Waals surface area contributed by atoms with Crippen molar-refractivity contribution < 1.29 is 14.7 Å². The molecule has 1 aromatic heterocycles. The fraction of sp³-hybridized carbons (Fsp3) is 0.600. The Kier molecular flexibility index (Phi) is 4.71. The molecule has 1 atom stereocenters. The summed E-state index contributed by atoms with van der Waals surface area (Å²) in [5.74, 6) is -0.907. The summed E-state index contributed by atoms with van der Waals surface area (Å²) in [5.41, 5.74) is 5.28. The third kappa shape index (κ3) is 3.22. The van der Waals surface area contributed by atoms with E-state index in [0.29, 0.717) is 11.0 Å². The van der Waals surface area contributed by atoms with Crippen LogP contribution in [0, 0.1) is 0 Å². The van der Waals surface area contributed by atoms with Crippen molar-refractivity contribution in [2.75, 3.05) is 5.75 Å². The molecule has 1 amide bonds. The van der Waals surface area contributed by atoms with E-state index in [1.165, 1.54) is 0 Å². The molecule has 0 saturated heterocycles. The molecule has 0 bridgehead atoms. The normalized spacial score (nSPS) is 12.7. The molecule has 0 aliphatic heterocycles. The zero-order chi connectivity index (χ0) is 13.9. The Morgan fingerprint density at radius 1 is 1.39 bits per heavy atom. The smallest absolute Gasteiger partial charge is 0.313 e. The minimum atomic E-state index is -0.952. The lowest BCUT2D eigenvalue weighted by Crippen LogP contribution is -2.26. The summed E-state index contributed by atoms with van der Waals surface area (Å²) >= 11 is 1.02. The highest BCUT2D eigenvalue weighted by atomic mass is 32.2. The summed E-state index contributed by atoms with van der Waals surface area (Å²) in [4.78, 5) is 21.8.